The molecule has 0 saturated carbocycles. The Morgan fingerprint density at radius 2 is 0.625 bits per heavy atom. The first-order valence-electron chi connectivity index (χ1n) is 0.756. The summed E-state index contributed by atoms with van der Waals surface area (Å²) >= 11 is 20.0. The second-order valence-corrected chi connectivity index (χ2v) is 114. The van der Waals surface area contributed by atoms with Crippen LogP contribution in [0.15, 0.2) is 0 Å². The average molecular weight is 606 g/mol. The van der Waals surface area contributed by atoms with Crippen molar-refractivity contribution < 1.29 is 0.665 Å². The Hall–Kier alpha value is 4.50. The molecule has 0 aliphatic carbocycles. The Kier molecular flexibility index (Phi) is 6.25. The molecule has 0 nitrogen and oxygen atoms in total. The Labute approximate surface area is 109 Å². The topological polar surface area (TPSA) is 0 Å². The SMILES string of the molecule is [Br][Rh]([Br])([Br])([Br])([Br])[Br].[NaH]. The van der Waals surface area contributed by atoms with E-state index in [1.165, 1.54) is 0 Å². The Morgan fingerprint density at radius 1 is 0.625 bits per heavy atom. The monoisotopic (exact) mass is 600 g/mol. The number of hydrogen-bond acceptors (Lipinski definition) is 0. The molecule has 0 fully saturated rings. The van der Waals surface area contributed by atoms with Crippen LogP contribution in [-0.2, 0) is 0.665 Å². The molecule has 53 valence electrons. The third kappa shape index (κ3) is 46.8. The molecule has 0 unspecified atom stereocenters. The standard InChI is InChI=1S/6BrH.Na.Rh.H/h6*1H;;;/q;;;;;;;+6;/p-6. The number of halogens is 6. The first-order chi connectivity index (χ1) is 2.45. The summed E-state index contributed by atoms with van der Waals surface area (Å²) in [5.74, 6) is 0. The van der Waals surface area contributed by atoms with Gasteiger partial charge in [0.2, 0.25) is 0 Å². The van der Waals surface area contributed by atoms with Crippen LogP contribution in [0, 0.1) is 0 Å². The summed E-state index contributed by atoms with van der Waals surface area (Å²) in [4.78, 5) is 0. The Bertz CT molecular complexity index is 67.1. The van der Waals surface area contributed by atoms with E-state index in [4.69, 9.17) is 0 Å². The molecule has 0 spiro atoms. The van der Waals surface area contributed by atoms with Crippen LogP contribution in [0.3, 0.4) is 0 Å². The minimum absolute atomic E-state index is 0. The van der Waals surface area contributed by atoms with E-state index in [1.54, 1.807) is 0 Å². The van der Waals surface area contributed by atoms with Gasteiger partial charge in [-0.2, -0.15) is 0 Å². The van der Waals surface area contributed by atoms with E-state index in [0.29, 0.717) is 0 Å². The van der Waals surface area contributed by atoms with Gasteiger partial charge >= 0.3 is 112 Å². The van der Waals surface area contributed by atoms with Crippen molar-refractivity contribution in [1.29, 1.82) is 0 Å². The van der Waals surface area contributed by atoms with E-state index in [9.17, 15) is 0 Å². The number of rotatable bonds is 0. The number of hydrogen-bond donors (Lipinski definition) is 0. The predicted molar refractivity (Wildman–Crippen MR) is 60.7 cm³/mol. The van der Waals surface area contributed by atoms with Crippen molar-refractivity contribution in [2.75, 3.05) is 0 Å². The molecule has 0 rings (SSSR count). The first-order valence-corrected chi connectivity index (χ1v) is 23.2. The van der Waals surface area contributed by atoms with E-state index in [0.717, 1.165) is 0 Å². The van der Waals surface area contributed by atoms with Gasteiger partial charge in [0.1, 0.15) is 0 Å². The molecule has 0 aromatic heterocycles. The van der Waals surface area contributed by atoms with Gasteiger partial charge in [0.25, 0.3) is 0 Å². The molecule has 0 aromatic rings. The fourth-order valence-electron chi connectivity index (χ4n) is 0. The maximum absolute atomic E-state index is 3.34. The van der Waals surface area contributed by atoms with Gasteiger partial charge in [-0.25, -0.2) is 0 Å². The molecular weight excluding hydrogens is 605 g/mol. The van der Waals surface area contributed by atoms with Crippen molar-refractivity contribution in [3.63, 3.8) is 0 Å². The normalized spacial score (nSPS) is 20.2. The van der Waals surface area contributed by atoms with E-state index in [1.807, 2.05) is 0 Å². The molecule has 0 saturated heterocycles. The van der Waals surface area contributed by atoms with Gasteiger partial charge in [-0.1, -0.05) is 0 Å². The third-order valence-electron chi connectivity index (χ3n) is 0. The summed E-state index contributed by atoms with van der Waals surface area (Å²) in [7, 11) is 0. The Morgan fingerprint density at radius 3 is 0.625 bits per heavy atom. The van der Waals surface area contributed by atoms with Gasteiger partial charge in [0.05, 0.1) is 0 Å². The first kappa shape index (κ1) is 15.0. The second kappa shape index (κ2) is 3.34. The summed E-state index contributed by atoms with van der Waals surface area (Å²) < 4.78 is -3.11. The van der Waals surface area contributed by atoms with Crippen molar-refractivity contribution in [3.05, 3.63) is 0 Å². The molecule has 0 radical (unpaired) electrons. The summed E-state index contributed by atoms with van der Waals surface area (Å²) in [6, 6.07) is 0. The maximum atomic E-state index is 3.34. The molecule has 0 aromatic carbocycles. The van der Waals surface area contributed by atoms with Crippen molar-refractivity contribution in [2.24, 2.45) is 0 Å². The molecular formula is HBr6NaRh. The van der Waals surface area contributed by atoms with E-state index in [2.05, 4.69) is 81.7 Å². The summed E-state index contributed by atoms with van der Waals surface area (Å²) in [6.07, 6.45) is 0. The fraction of sp³-hybridized carbons (Fsp3) is 0. The molecule has 0 aliphatic heterocycles. The molecule has 8 heteroatoms. The molecule has 8 heavy (non-hydrogen) atoms. The third-order valence-corrected chi connectivity index (χ3v) is 0. The molecule has 0 bridgehead atoms. The van der Waals surface area contributed by atoms with Gasteiger partial charge in [0.15, 0.2) is 0 Å². The quantitative estimate of drug-likeness (QED) is 0.359. The van der Waals surface area contributed by atoms with E-state index in [-0.39, 0.29) is 29.6 Å². The zero-order valence-electron chi connectivity index (χ0n) is 2.60. The van der Waals surface area contributed by atoms with Crippen LogP contribution in [0.4, 0.5) is 0 Å². The van der Waals surface area contributed by atoms with Crippen molar-refractivity contribution in [3.8, 4) is 0 Å². The van der Waals surface area contributed by atoms with Crippen LogP contribution in [0.1, 0.15) is 0 Å². The van der Waals surface area contributed by atoms with Gasteiger partial charge < -0.3 is 0 Å². The van der Waals surface area contributed by atoms with Gasteiger partial charge in [-0.15, -0.1) is 0 Å². The molecule has 0 heterocycles. The van der Waals surface area contributed by atoms with Crippen LogP contribution in [-0.4, -0.2) is 29.6 Å². The summed E-state index contributed by atoms with van der Waals surface area (Å²) in [5, 5.41) is 0. The van der Waals surface area contributed by atoms with E-state index >= 15 is 0 Å². The fourth-order valence-corrected chi connectivity index (χ4v) is 0. The van der Waals surface area contributed by atoms with Crippen molar-refractivity contribution in [1.82, 2.24) is 0 Å². The van der Waals surface area contributed by atoms with Crippen LogP contribution >= 0.6 is 81.7 Å². The van der Waals surface area contributed by atoms with E-state index < -0.39 is 0.665 Å². The zero-order chi connectivity index (χ0) is 6.41. The van der Waals surface area contributed by atoms with Crippen LogP contribution in [0.5, 0.6) is 0 Å². The van der Waals surface area contributed by atoms with Crippen molar-refractivity contribution >= 4 is 111 Å². The van der Waals surface area contributed by atoms with Gasteiger partial charge in [0, 0.05) is 0 Å². The summed E-state index contributed by atoms with van der Waals surface area (Å²) in [6.45, 7) is 0. The second-order valence-electron chi connectivity index (χ2n) is 0.714. The molecule has 0 atom stereocenters. The average Bonchev–Trinajstić information content (AvgIpc) is 0.592. The minimum atomic E-state index is -3.11. The van der Waals surface area contributed by atoms with Crippen LogP contribution < -0.4 is 0 Å². The molecule has 0 aliphatic rings. The van der Waals surface area contributed by atoms with Gasteiger partial charge in [-0.05, 0) is 0 Å². The Balaban J connectivity index is 0. The molecule has 0 amide bonds. The predicted octanol–water partition coefficient (Wildman–Crippen LogP) is 4.42. The molecule has 0 N–H and O–H groups in total. The summed E-state index contributed by atoms with van der Waals surface area (Å²) in [5.41, 5.74) is 0. The van der Waals surface area contributed by atoms with Crippen LogP contribution in [0.25, 0.3) is 0 Å². The zero-order valence-corrected chi connectivity index (χ0v) is 13.8. The van der Waals surface area contributed by atoms with Crippen LogP contribution in [0.2, 0.25) is 0 Å². The van der Waals surface area contributed by atoms with Crippen molar-refractivity contribution in [2.45, 2.75) is 0 Å². The van der Waals surface area contributed by atoms with Gasteiger partial charge in [-0.3, -0.25) is 0 Å².